The number of aldehydes is 1. The van der Waals surface area contributed by atoms with E-state index >= 15 is 0 Å². The van der Waals surface area contributed by atoms with E-state index in [1.165, 1.54) is 6.08 Å². The topological polar surface area (TPSA) is 34.1 Å². The maximum Gasteiger partial charge on any atom is 0.155 e. The number of carbonyl (C=O) groups excluding carboxylic acids is 2. The lowest BCUT2D eigenvalue weighted by Crippen LogP contribution is -2.29. The Kier molecular flexibility index (Phi) is 1.94. The molecule has 2 nitrogen and oxygen atoms in total. The first-order valence-electron chi connectivity index (χ1n) is 3.77. The Morgan fingerprint density at radius 1 is 1.73 bits per heavy atom. The highest BCUT2D eigenvalue weighted by atomic mass is 16.1. The van der Waals surface area contributed by atoms with E-state index in [0.29, 0.717) is 6.42 Å². The van der Waals surface area contributed by atoms with Crippen LogP contribution in [-0.4, -0.2) is 12.1 Å². The van der Waals surface area contributed by atoms with Crippen molar-refractivity contribution in [3.05, 3.63) is 12.2 Å². The smallest absolute Gasteiger partial charge is 0.155 e. The second-order valence-electron chi connectivity index (χ2n) is 3.39. The van der Waals surface area contributed by atoms with Crippen molar-refractivity contribution in [3.63, 3.8) is 0 Å². The molecular formula is C9H12O2. The zero-order valence-electron chi connectivity index (χ0n) is 6.83. The minimum atomic E-state index is -0.423. The molecule has 60 valence electrons. The summed E-state index contributed by atoms with van der Waals surface area (Å²) in [5, 5.41) is 0. The second-order valence-corrected chi connectivity index (χ2v) is 3.39. The van der Waals surface area contributed by atoms with Gasteiger partial charge in [0.15, 0.2) is 5.78 Å². The normalized spacial score (nSPS) is 37.3. The first kappa shape index (κ1) is 8.18. The van der Waals surface area contributed by atoms with Crippen LogP contribution in [-0.2, 0) is 9.59 Å². The zero-order valence-corrected chi connectivity index (χ0v) is 6.83. The van der Waals surface area contributed by atoms with E-state index in [4.69, 9.17) is 0 Å². The van der Waals surface area contributed by atoms with E-state index in [1.54, 1.807) is 6.08 Å². The summed E-state index contributed by atoms with van der Waals surface area (Å²) in [6.45, 7) is 3.78. The van der Waals surface area contributed by atoms with Crippen LogP contribution < -0.4 is 0 Å². The van der Waals surface area contributed by atoms with Crippen molar-refractivity contribution >= 4 is 12.1 Å². The van der Waals surface area contributed by atoms with Crippen LogP contribution in [0.15, 0.2) is 12.2 Å². The minimum Gasteiger partial charge on any atom is -0.302 e. The molecule has 0 bridgehead atoms. The third kappa shape index (κ3) is 1.39. The quantitative estimate of drug-likeness (QED) is 0.531. The van der Waals surface area contributed by atoms with Gasteiger partial charge in [-0.15, -0.1) is 0 Å². The molecule has 1 aliphatic rings. The highest BCUT2D eigenvalue weighted by Gasteiger charge is 2.32. The van der Waals surface area contributed by atoms with Crippen molar-refractivity contribution in [2.24, 2.45) is 11.3 Å². The molecule has 0 aromatic heterocycles. The van der Waals surface area contributed by atoms with Gasteiger partial charge in [-0.05, 0) is 18.9 Å². The molecular weight excluding hydrogens is 140 g/mol. The summed E-state index contributed by atoms with van der Waals surface area (Å²) in [5.41, 5.74) is -0.423. The predicted molar refractivity (Wildman–Crippen MR) is 42.1 cm³/mol. The molecule has 0 amide bonds. The fraction of sp³-hybridized carbons (Fsp3) is 0.556. The maximum absolute atomic E-state index is 10.9. The molecule has 0 spiro atoms. The lowest BCUT2D eigenvalue weighted by Gasteiger charge is -2.28. The summed E-state index contributed by atoms with van der Waals surface area (Å²) >= 11 is 0. The lowest BCUT2D eigenvalue weighted by atomic mass is 9.73. The Balaban J connectivity index is 2.91. The minimum absolute atomic E-state index is 0.122. The van der Waals surface area contributed by atoms with Crippen LogP contribution in [0.25, 0.3) is 0 Å². The van der Waals surface area contributed by atoms with Gasteiger partial charge < -0.3 is 4.79 Å². The number of carbonyl (C=O) groups is 2. The van der Waals surface area contributed by atoms with Crippen molar-refractivity contribution in [2.45, 2.75) is 20.3 Å². The van der Waals surface area contributed by atoms with Crippen LogP contribution in [0.5, 0.6) is 0 Å². The van der Waals surface area contributed by atoms with E-state index in [2.05, 4.69) is 0 Å². The van der Waals surface area contributed by atoms with Gasteiger partial charge in [-0.1, -0.05) is 13.0 Å². The molecule has 0 fully saturated rings. The van der Waals surface area contributed by atoms with Gasteiger partial charge in [-0.2, -0.15) is 0 Å². The largest absolute Gasteiger partial charge is 0.302 e. The summed E-state index contributed by atoms with van der Waals surface area (Å²) in [6, 6.07) is 0. The third-order valence-electron chi connectivity index (χ3n) is 2.45. The molecule has 0 radical (unpaired) electrons. The van der Waals surface area contributed by atoms with Crippen molar-refractivity contribution in [2.75, 3.05) is 0 Å². The summed E-state index contributed by atoms with van der Waals surface area (Å²) in [6.07, 6.45) is 4.62. The average Bonchev–Trinajstić information content (AvgIpc) is 1.98. The van der Waals surface area contributed by atoms with Gasteiger partial charge >= 0.3 is 0 Å². The van der Waals surface area contributed by atoms with Crippen LogP contribution in [0, 0.1) is 11.3 Å². The van der Waals surface area contributed by atoms with Crippen molar-refractivity contribution in [1.82, 2.24) is 0 Å². The molecule has 0 aliphatic heterocycles. The molecule has 2 atom stereocenters. The Morgan fingerprint density at radius 2 is 2.36 bits per heavy atom. The summed E-state index contributed by atoms with van der Waals surface area (Å²) in [4.78, 5) is 21.5. The van der Waals surface area contributed by atoms with E-state index in [1.807, 2.05) is 13.8 Å². The summed E-state index contributed by atoms with van der Waals surface area (Å²) in [5.74, 6) is 0.259. The van der Waals surface area contributed by atoms with Crippen LogP contribution in [0.4, 0.5) is 0 Å². The molecule has 0 saturated carbocycles. The molecule has 0 heterocycles. The van der Waals surface area contributed by atoms with E-state index < -0.39 is 5.41 Å². The zero-order chi connectivity index (χ0) is 8.48. The van der Waals surface area contributed by atoms with Gasteiger partial charge in [0.05, 0.1) is 0 Å². The van der Waals surface area contributed by atoms with E-state index in [-0.39, 0.29) is 11.7 Å². The van der Waals surface area contributed by atoms with Crippen LogP contribution >= 0.6 is 0 Å². The third-order valence-corrected chi connectivity index (χ3v) is 2.45. The number of ketones is 1. The Hall–Kier alpha value is -0.920. The van der Waals surface area contributed by atoms with Crippen molar-refractivity contribution in [3.8, 4) is 0 Å². The van der Waals surface area contributed by atoms with Gasteiger partial charge in [0, 0.05) is 11.8 Å². The van der Waals surface area contributed by atoms with Crippen molar-refractivity contribution in [1.29, 1.82) is 0 Å². The van der Waals surface area contributed by atoms with E-state index in [0.717, 1.165) is 6.29 Å². The Morgan fingerprint density at radius 3 is 2.82 bits per heavy atom. The maximum atomic E-state index is 10.9. The molecule has 1 aliphatic carbocycles. The lowest BCUT2D eigenvalue weighted by molar-refractivity contribution is -0.120. The van der Waals surface area contributed by atoms with Crippen LogP contribution in [0.2, 0.25) is 0 Å². The first-order valence-corrected chi connectivity index (χ1v) is 3.77. The van der Waals surface area contributed by atoms with Gasteiger partial charge in [-0.3, -0.25) is 4.79 Å². The predicted octanol–water partition coefficient (Wildman–Crippen LogP) is 1.36. The van der Waals surface area contributed by atoms with Crippen LogP contribution in [0.1, 0.15) is 20.3 Å². The monoisotopic (exact) mass is 152 g/mol. The molecule has 0 aromatic carbocycles. The van der Waals surface area contributed by atoms with E-state index in [9.17, 15) is 9.59 Å². The molecule has 1 rings (SSSR count). The molecule has 0 N–H and O–H groups in total. The van der Waals surface area contributed by atoms with Crippen LogP contribution in [0.3, 0.4) is 0 Å². The van der Waals surface area contributed by atoms with Gasteiger partial charge in [0.25, 0.3) is 0 Å². The van der Waals surface area contributed by atoms with Gasteiger partial charge in [0.2, 0.25) is 0 Å². The average molecular weight is 152 g/mol. The van der Waals surface area contributed by atoms with Crippen molar-refractivity contribution < 1.29 is 9.59 Å². The molecule has 2 unspecified atom stereocenters. The number of hydrogen-bond acceptors (Lipinski definition) is 2. The first-order chi connectivity index (χ1) is 5.08. The summed E-state index contributed by atoms with van der Waals surface area (Å²) < 4.78 is 0. The number of hydrogen-bond donors (Lipinski definition) is 0. The molecule has 2 heteroatoms. The fourth-order valence-corrected chi connectivity index (χ4v) is 1.18. The highest BCUT2D eigenvalue weighted by molar-refractivity contribution is 5.92. The number of allylic oxidation sites excluding steroid dienone is 2. The summed E-state index contributed by atoms with van der Waals surface area (Å²) in [7, 11) is 0. The molecule has 0 saturated heterocycles. The number of rotatable bonds is 1. The van der Waals surface area contributed by atoms with Gasteiger partial charge in [0.1, 0.15) is 6.29 Å². The Labute approximate surface area is 66.3 Å². The fourth-order valence-electron chi connectivity index (χ4n) is 1.18. The molecule has 11 heavy (non-hydrogen) atoms. The highest BCUT2D eigenvalue weighted by Crippen LogP contribution is 2.32. The standard InChI is InChI=1S/C9H12O2/c1-7-5-8(11)3-4-9(7,2)6-10/h3-4,6-7H,5H2,1-2H3. The second kappa shape index (κ2) is 2.61. The molecule has 0 aromatic rings. The SMILES string of the molecule is CC1CC(=O)C=CC1(C)C=O. The Bertz CT molecular complexity index is 218. The van der Waals surface area contributed by atoms with Gasteiger partial charge in [-0.25, -0.2) is 0 Å².